The Labute approximate surface area is 206 Å². The van der Waals surface area contributed by atoms with E-state index >= 15 is 0 Å². The van der Waals surface area contributed by atoms with Crippen molar-refractivity contribution in [2.24, 2.45) is 0 Å². The number of anilines is 1. The third-order valence-corrected chi connectivity index (χ3v) is 6.55. The molecule has 1 amide bonds. The maximum atomic E-state index is 13.5. The van der Waals surface area contributed by atoms with Crippen molar-refractivity contribution in [3.8, 4) is 11.5 Å². The van der Waals surface area contributed by atoms with Gasteiger partial charge in [-0.3, -0.25) is 19.2 Å². The Morgan fingerprint density at radius 2 is 1.70 bits per heavy atom. The SMILES string of the molecule is CC(=O)C1(O)Cc2c(O)c3c(c(O)c2C(O)C1)C(=O)c1c(NCCNC(=O)C(F)(F)F)cccc1C3=O. The van der Waals surface area contributed by atoms with Gasteiger partial charge in [-0.25, -0.2) is 0 Å². The normalized spacial score (nSPS) is 20.5. The van der Waals surface area contributed by atoms with Gasteiger partial charge < -0.3 is 31.1 Å². The van der Waals surface area contributed by atoms with Crippen LogP contribution in [0, 0.1) is 0 Å². The number of benzene rings is 2. The molecule has 6 N–H and O–H groups in total. The maximum Gasteiger partial charge on any atom is 0.471 e. The zero-order chi connectivity index (χ0) is 27.4. The Balaban J connectivity index is 1.73. The number of alkyl halides is 3. The molecule has 0 saturated heterocycles. The van der Waals surface area contributed by atoms with Gasteiger partial charge in [0.05, 0.1) is 22.8 Å². The topological polar surface area (TPSA) is 173 Å². The second-order valence-electron chi connectivity index (χ2n) is 8.89. The predicted molar refractivity (Wildman–Crippen MR) is 120 cm³/mol. The third kappa shape index (κ3) is 4.19. The Morgan fingerprint density at radius 3 is 2.32 bits per heavy atom. The standard InChI is InChI=1S/C24H21F3N2O8/c1-9(30)23(37)7-11-15(13(31)8-23)21(35)17-16(19(11)33)18(32)10-3-2-4-12(14(10)20(17)34)28-5-6-29-22(36)24(25,26)27/h2-4,13,28,31,33,35,37H,5-8H2,1H3,(H,29,36). The number of carbonyl (C=O) groups is 4. The van der Waals surface area contributed by atoms with Crippen LogP contribution in [0.25, 0.3) is 0 Å². The van der Waals surface area contributed by atoms with Gasteiger partial charge in [0.25, 0.3) is 0 Å². The highest BCUT2D eigenvalue weighted by atomic mass is 19.4. The molecule has 0 saturated carbocycles. The molecule has 0 heterocycles. The van der Waals surface area contributed by atoms with E-state index in [1.165, 1.54) is 18.2 Å². The number of hydrogen-bond acceptors (Lipinski definition) is 9. The number of halogens is 3. The van der Waals surface area contributed by atoms with Crippen molar-refractivity contribution in [2.45, 2.75) is 37.6 Å². The second kappa shape index (κ2) is 8.85. The number of nitrogens with one attached hydrogen (secondary N) is 2. The fourth-order valence-corrected chi connectivity index (χ4v) is 4.69. The highest BCUT2D eigenvalue weighted by molar-refractivity contribution is 6.32. The zero-order valence-electron chi connectivity index (χ0n) is 19.2. The molecule has 37 heavy (non-hydrogen) atoms. The van der Waals surface area contributed by atoms with Crippen molar-refractivity contribution in [3.63, 3.8) is 0 Å². The molecule has 2 aliphatic carbocycles. The Morgan fingerprint density at radius 1 is 1.05 bits per heavy atom. The fourth-order valence-electron chi connectivity index (χ4n) is 4.69. The molecule has 0 bridgehead atoms. The number of fused-ring (bicyclic) bond motifs is 3. The largest absolute Gasteiger partial charge is 0.507 e. The summed E-state index contributed by atoms with van der Waals surface area (Å²) in [6.45, 7) is 0.364. The highest BCUT2D eigenvalue weighted by Crippen LogP contribution is 2.50. The number of Topliss-reactive ketones (excluding diaryl/α,β-unsaturated/α-hetero) is 1. The number of hydrogen-bond donors (Lipinski definition) is 6. The number of phenols is 2. The van der Waals surface area contributed by atoms with Gasteiger partial charge >= 0.3 is 12.1 Å². The molecule has 0 fully saturated rings. The summed E-state index contributed by atoms with van der Waals surface area (Å²) in [5.74, 6) is -6.20. The number of carbonyl (C=O) groups excluding carboxylic acids is 4. The molecule has 2 aromatic rings. The first-order valence-corrected chi connectivity index (χ1v) is 11.0. The van der Waals surface area contributed by atoms with E-state index in [1.807, 2.05) is 0 Å². The summed E-state index contributed by atoms with van der Waals surface area (Å²) in [5.41, 5.74) is -4.17. The Hall–Kier alpha value is -3.97. The molecule has 4 rings (SSSR count). The van der Waals surface area contributed by atoms with Crippen LogP contribution in [0.4, 0.5) is 18.9 Å². The number of rotatable bonds is 5. The number of aliphatic hydroxyl groups is 2. The first-order chi connectivity index (χ1) is 17.2. The van der Waals surface area contributed by atoms with Crippen LogP contribution >= 0.6 is 0 Å². The van der Waals surface area contributed by atoms with Gasteiger partial charge in [0.2, 0.25) is 0 Å². The van der Waals surface area contributed by atoms with Crippen molar-refractivity contribution in [1.82, 2.24) is 5.32 Å². The lowest BCUT2D eigenvalue weighted by Gasteiger charge is -2.36. The van der Waals surface area contributed by atoms with Gasteiger partial charge in [0.1, 0.15) is 17.1 Å². The molecule has 0 spiro atoms. The molecule has 2 unspecified atom stereocenters. The number of phenolic OH excluding ortho intramolecular Hbond substituents is 2. The van der Waals surface area contributed by atoms with E-state index in [0.29, 0.717) is 0 Å². The molecule has 196 valence electrons. The van der Waals surface area contributed by atoms with E-state index in [2.05, 4.69) is 5.32 Å². The molecule has 13 heteroatoms. The Bertz CT molecular complexity index is 1370. The third-order valence-electron chi connectivity index (χ3n) is 6.55. The minimum Gasteiger partial charge on any atom is -0.507 e. The van der Waals surface area contributed by atoms with Crippen molar-refractivity contribution in [2.75, 3.05) is 18.4 Å². The lowest BCUT2D eigenvalue weighted by molar-refractivity contribution is -0.173. The van der Waals surface area contributed by atoms with Crippen LogP contribution in [0.3, 0.4) is 0 Å². The molecule has 0 radical (unpaired) electrons. The summed E-state index contributed by atoms with van der Waals surface area (Å²) in [6, 6.07) is 4.00. The smallest absolute Gasteiger partial charge is 0.471 e. The molecular formula is C24H21F3N2O8. The monoisotopic (exact) mass is 522 g/mol. The number of aliphatic hydroxyl groups excluding tert-OH is 1. The summed E-state index contributed by atoms with van der Waals surface area (Å²) in [6.07, 6.45) is -7.75. The minimum atomic E-state index is -5.07. The first kappa shape index (κ1) is 26.1. The Kier molecular flexibility index (Phi) is 6.24. The average Bonchev–Trinajstić information content (AvgIpc) is 2.81. The van der Waals surface area contributed by atoms with Gasteiger partial charge in [-0.05, 0) is 13.0 Å². The predicted octanol–water partition coefficient (Wildman–Crippen LogP) is 1.26. The minimum absolute atomic E-state index is 0.0193. The molecule has 2 aliphatic rings. The number of amides is 1. The van der Waals surface area contributed by atoms with E-state index in [9.17, 15) is 52.8 Å². The van der Waals surface area contributed by atoms with Gasteiger partial charge in [-0.15, -0.1) is 0 Å². The van der Waals surface area contributed by atoms with Crippen LogP contribution < -0.4 is 10.6 Å². The molecule has 2 aromatic carbocycles. The lowest BCUT2D eigenvalue weighted by Crippen LogP contribution is -2.44. The van der Waals surface area contributed by atoms with Crippen LogP contribution in [0.1, 0.15) is 62.4 Å². The van der Waals surface area contributed by atoms with Gasteiger partial charge in [-0.2, -0.15) is 13.2 Å². The van der Waals surface area contributed by atoms with E-state index in [-0.39, 0.29) is 34.5 Å². The summed E-state index contributed by atoms with van der Waals surface area (Å²) in [5, 5.41) is 47.4. The van der Waals surface area contributed by atoms with Gasteiger partial charge in [0, 0.05) is 48.3 Å². The van der Waals surface area contributed by atoms with Crippen LogP contribution in [0.5, 0.6) is 11.5 Å². The van der Waals surface area contributed by atoms with Crippen LogP contribution in [-0.2, 0) is 16.0 Å². The molecule has 0 aliphatic heterocycles. The lowest BCUT2D eigenvalue weighted by atomic mass is 9.72. The molecule has 2 atom stereocenters. The van der Waals surface area contributed by atoms with Crippen LogP contribution in [0.2, 0.25) is 0 Å². The van der Waals surface area contributed by atoms with E-state index < -0.39 is 83.2 Å². The maximum absolute atomic E-state index is 13.5. The van der Waals surface area contributed by atoms with Crippen LogP contribution in [0.15, 0.2) is 18.2 Å². The summed E-state index contributed by atoms with van der Waals surface area (Å²) >= 11 is 0. The van der Waals surface area contributed by atoms with Crippen molar-refractivity contribution < 1.29 is 52.8 Å². The van der Waals surface area contributed by atoms with Crippen molar-refractivity contribution in [3.05, 3.63) is 51.6 Å². The van der Waals surface area contributed by atoms with Crippen LogP contribution in [-0.4, -0.2) is 68.5 Å². The first-order valence-electron chi connectivity index (χ1n) is 11.0. The highest BCUT2D eigenvalue weighted by Gasteiger charge is 2.47. The number of aromatic hydroxyl groups is 2. The van der Waals surface area contributed by atoms with Crippen molar-refractivity contribution >= 4 is 28.9 Å². The summed E-state index contributed by atoms with van der Waals surface area (Å²) in [4.78, 5) is 49.8. The van der Waals surface area contributed by atoms with E-state index in [0.717, 1.165) is 6.92 Å². The molecule has 0 aromatic heterocycles. The summed E-state index contributed by atoms with van der Waals surface area (Å²) in [7, 11) is 0. The van der Waals surface area contributed by atoms with Gasteiger partial charge in [-0.1, -0.05) is 12.1 Å². The summed E-state index contributed by atoms with van der Waals surface area (Å²) < 4.78 is 37.1. The van der Waals surface area contributed by atoms with Crippen molar-refractivity contribution in [1.29, 1.82) is 0 Å². The van der Waals surface area contributed by atoms with E-state index in [1.54, 1.807) is 5.32 Å². The zero-order valence-corrected chi connectivity index (χ0v) is 19.2. The number of ketones is 3. The molecule has 10 nitrogen and oxygen atoms in total. The van der Waals surface area contributed by atoms with Gasteiger partial charge in [0.15, 0.2) is 17.3 Å². The quantitative estimate of drug-likeness (QED) is 0.213. The fraction of sp³-hybridized carbons (Fsp3) is 0.333. The second-order valence-corrected chi connectivity index (χ2v) is 8.89. The average molecular weight is 522 g/mol. The molecular weight excluding hydrogens is 501 g/mol. The van der Waals surface area contributed by atoms with E-state index in [4.69, 9.17) is 0 Å².